The monoisotopic (exact) mass is 291 g/mol. The summed E-state index contributed by atoms with van der Waals surface area (Å²) in [4.78, 5) is 0. The fourth-order valence-electron chi connectivity index (χ4n) is 2.48. The highest BCUT2D eigenvalue weighted by atomic mass is 32.2. The summed E-state index contributed by atoms with van der Waals surface area (Å²) in [6.07, 6.45) is 4.12. The number of hydrogen-bond donors (Lipinski definition) is 2. The zero-order valence-electron chi connectivity index (χ0n) is 11.6. The predicted molar refractivity (Wildman–Crippen MR) is 74.1 cm³/mol. The number of methoxy groups -OCH3 is 1. The third-order valence-electron chi connectivity index (χ3n) is 3.75. The molecule has 0 aromatic rings. The average molecular weight is 291 g/mol. The number of nitrogens with one attached hydrogen (secondary N) is 2. The van der Waals surface area contributed by atoms with Crippen LogP contribution < -0.4 is 10.0 Å². The Bertz CT molecular complexity index is 364. The van der Waals surface area contributed by atoms with Gasteiger partial charge < -0.3 is 10.1 Å². The molecule has 0 aromatic heterocycles. The number of ether oxygens (including phenoxy) is 1. The molecule has 2 N–H and O–H groups in total. The van der Waals surface area contributed by atoms with E-state index in [0.717, 1.165) is 38.8 Å². The molecule has 6 nitrogen and oxygen atoms in total. The molecule has 7 heteroatoms. The molecule has 0 atom stereocenters. The minimum atomic E-state index is -3.35. The first kappa shape index (κ1) is 15.2. The Morgan fingerprint density at radius 1 is 1.26 bits per heavy atom. The lowest BCUT2D eigenvalue weighted by molar-refractivity contribution is 0.203. The van der Waals surface area contributed by atoms with Crippen molar-refractivity contribution in [3.8, 4) is 0 Å². The normalized spacial score (nSPS) is 22.0. The fraction of sp³-hybridized carbons (Fsp3) is 1.00. The van der Waals surface area contributed by atoms with Gasteiger partial charge in [-0.2, -0.15) is 17.4 Å². The van der Waals surface area contributed by atoms with Gasteiger partial charge in [0.1, 0.15) is 0 Å². The van der Waals surface area contributed by atoms with Crippen molar-refractivity contribution in [1.82, 2.24) is 14.3 Å². The smallest absolute Gasteiger partial charge is 0.279 e. The first-order valence-electron chi connectivity index (χ1n) is 7.09. The third kappa shape index (κ3) is 4.68. The maximum Gasteiger partial charge on any atom is 0.279 e. The lowest BCUT2D eigenvalue weighted by Crippen LogP contribution is -2.46. The minimum Gasteiger partial charge on any atom is -0.383 e. The summed E-state index contributed by atoms with van der Waals surface area (Å²) in [5.41, 5.74) is 0. The van der Waals surface area contributed by atoms with Gasteiger partial charge in [0, 0.05) is 26.2 Å². The highest BCUT2D eigenvalue weighted by Gasteiger charge is 2.38. The van der Waals surface area contributed by atoms with Crippen LogP contribution in [0.1, 0.15) is 25.7 Å². The first-order valence-corrected chi connectivity index (χ1v) is 8.53. The Kier molecular flexibility index (Phi) is 5.58. The van der Waals surface area contributed by atoms with Gasteiger partial charge in [-0.15, -0.1) is 0 Å². The molecular weight excluding hydrogens is 266 g/mol. The van der Waals surface area contributed by atoms with Crippen molar-refractivity contribution in [2.45, 2.75) is 31.7 Å². The average Bonchev–Trinajstić information content (AvgIpc) is 3.21. The Balaban J connectivity index is 1.90. The Hall–Kier alpha value is -0.210. The van der Waals surface area contributed by atoms with Gasteiger partial charge in [-0.25, -0.2) is 0 Å². The van der Waals surface area contributed by atoms with Gasteiger partial charge in [-0.1, -0.05) is 0 Å². The summed E-state index contributed by atoms with van der Waals surface area (Å²) in [5, 5.41) is 3.31. The second-order valence-corrected chi connectivity index (χ2v) is 7.09. The SMILES string of the molecule is COCCNS(=O)(=O)N(CC1CCNCC1)C1CC1. The van der Waals surface area contributed by atoms with Crippen LogP contribution in [0.2, 0.25) is 0 Å². The summed E-state index contributed by atoms with van der Waals surface area (Å²) in [7, 11) is -1.78. The van der Waals surface area contributed by atoms with Gasteiger partial charge >= 0.3 is 0 Å². The first-order chi connectivity index (χ1) is 9.13. The topological polar surface area (TPSA) is 70.7 Å². The molecule has 112 valence electrons. The number of piperidine rings is 1. The second kappa shape index (κ2) is 6.99. The van der Waals surface area contributed by atoms with Crippen molar-refractivity contribution >= 4 is 10.2 Å². The van der Waals surface area contributed by atoms with E-state index < -0.39 is 10.2 Å². The standard InChI is InChI=1S/C12H25N3O3S/c1-18-9-8-14-19(16,17)15(12-2-3-12)10-11-4-6-13-7-5-11/h11-14H,2-10H2,1H3. The van der Waals surface area contributed by atoms with Crippen molar-refractivity contribution in [3.05, 3.63) is 0 Å². The molecule has 2 aliphatic rings. The van der Waals surface area contributed by atoms with Crippen LogP contribution in [0.3, 0.4) is 0 Å². The molecule has 0 unspecified atom stereocenters. The zero-order valence-corrected chi connectivity index (χ0v) is 12.4. The Morgan fingerprint density at radius 3 is 2.53 bits per heavy atom. The van der Waals surface area contributed by atoms with Crippen LogP contribution in [0.5, 0.6) is 0 Å². The fourth-order valence-corrected chi connectivity index (χ4v) is 4.00. The Morgan fingerprint density at radius 2 is 1.95 bits per heavy atom. The summed E-state index contributed by atoms with van der Waals surface area (Å²) in [5.74, 6) is 0.487. The van der Waals surface area contributed by atoms with Crippen LogP contribution in [0.15, 0.2) is 0 Å². The molecule has 0 radical (unpaired) electrons. The molecule has 1 saturated heterocycles. The highest BCUT2D eigenvalue weighted by Crippen LogP contribution is 2.30. The molecule has 0 aromatic carbocycles. The molecule has 1 aliphatic carbocycles. The van der Waals surface area contributed by atoms with E-state index in [1.165, 1.54) is 0 Å². The van der Waals surface area contributed by atoms with Gasteiger partial charge in [-0.05, 0) is 44.7 Å². The zero-order chi connectivity index (χ0) is 13.7. The minimum absolute atomic E-state index is 0.218. The highest BCUT2D eigenvalue weighted by molar-refractivity contribution is 7.87. The van der Waals surface area contributed by atoms with Crippen LogP contribution >= 0.6 is 0 Å². The number of rotatable bonds is 8. The largest absolute Gasteiger partial charge is 0.383 e. The van der Waals surface area contributed by atoms with Crippen molar-refractivity contribution in [1.29, 1.82) is 0 Å². The molecule has 1 saturated carbocycles. The van der Waals surface area contributed by atoms with E-state index in [1.54, 1.807) is 11.4 Å². The van der Waals surface area contributed by atoms with E-state index >= 15 is 0 Å². The van der Waals surface area contributed by atoms with E-state index in [-0.39, 0.29) is 6.04 Å². The van der Waals surface area contributed by atoms with Gasteiger partial charge in [0.05, 0.1) is 6.61 Å². The quantitative estimate of drug-likeness (QED) is 0.614. The van der Waals surface area contributed by atoms with Crippen LogP contribution in [0.25, 0.3) is 0 Å². The van der Waals surface area contributed by atoms with E-state index in [4.69, 9.17) is 4.74 Å². The molecule has 1 heterocycles. The van der Waals surface area contributed by atoms with Crippen LogP contribution in [0.4, 0.5) is 0 Å². The Labute approximate surface area is 116 Å². The van der Waals surface area contributed by atoms with Crippen molar-refractivity contribution in [2.75, 3.05) is 39.9 Å². The van der Waals surface area contributed by atoms with E-state index in [0.29, 0.717) is 25.6 Å². The van der Waals surface area contributed by atoms with E-state index in [1.807, 2.05) is 0 Å². The van der Waals surface area contributed by atoms with Crippen LogP contribution in [-0.4, -0.2) is 58.7 Å². The molecule has 1 aliphatic heterocycles. The molecule has 19 heavy (non-hydrogen) atoms. The molecule has 0 spiro atoms. The van der Waals surface area contributed by atoms with Crippen molar-refractivity contribution in [3.63, 3.8) is 0 Å². The summed E-state index contributed by atoms with van der Waals surface area (Å²) >= 11 is 0. The van der Waals surface area contributed by atoms with Gasteiger partial charge in [0.2, 0.25) is 0 Å². The second-order valence-electron chi connectivity index (χ2n) is 5.39. The number of nitrogens with zero attached hydrogens (tertiary/aromatic N) is 1. The molecule has 2 fully saturated rings. The van der Waals surface area contributed by atoms with E-state index in [9.17, 15) is 8.42 Å². The van der Waals surface area contributed by atoms with E-state index in [2.05, 4.69) is 10.0 Å². The van der Waals surface area contributed by atoms with Crippen LogP contribution in [-0.2, 0) is 14.9 Å². The predicted octanol–water partition coefficient (Wildman–Crippen LogP) is -0.0688. The van der Waals surface area contributed by atoms with Gasteiger partial charge in [-0.3, -0.25) is 0 Å². The summed E-state index contributed by atoms with van der Waals surface area (Å²) < 4.78 is 33.8. The lowest BCUT2D eigenvalue weighted by atomic mass is 9.98. The maximum atomic E-state index is 12.3. The van der Waals surface area contributed by atoms with Crippen molar-refractivity contribution < 1.29 is 13.2 Å². The van der Waals surface area contributed by atoms with Gasteiger partial charge in [0.15, 0.2) is 0 Å². The van der Waals surface area contributed by atoms with Crippen molar-refractivity contribution in [2.24, 2.45) is 5.92 Å². The third-order valence-corrected chi connectivity index (χ3v) is 5.38. The van der Waals surface area contributed by atoms with Crippen LogP contribution in [0, 0.1) is 5.92 Å². The summed E-state index contributed by atoms with van der Waals surface area (Å²) in [6.45, 7) is 3.41. The number of hydrogen-bond acceptors (Lipinski definition) is 4. The molecular formula is C12H25N3O3S. The van der Waals surface area contributed by atoms with Gasteiger partial charge in [0.25, 0.3) is 10.2 Å². The lowest BCUT2D eigenvalue weighted by Gasteiger charge is -2.29. The summed E-state index contributed by atoms with van der Waals surface area (Å²) in [6, 6.07) is 0.218. The maximum absolute atomic E-state index is 12.3. The molecule has 2 rings (SSSR count). The molecule has 0 bridgehead atoms. The molecule has 0 amide bonds.